The summed E-state index contributed by atoms with van der Waals surface area (Å²) in [4.78, 5) is 13.9. The summed E-state index contributed by atoms with van der Waals surface area (Å²) in [7, 11) is 0. The van der Waals surface area contributed by atoms with Gasteiger partial charge in [-0.15, -0.1) is 11.8 Å². The summed E-state index contributed by atoms with van der Waals surface area (Å²) >= 11 is 1.58. The number of anilines is 1. The van der Waals surface area contributed by atoms with Gasteiger partial charge in [0.1, 0.15) is 5.82 Å². The molecule has 4 rings (SSSR count). The first kappa shape index (κ1) is 17.9. The van der Waals surface area contributed by atoms with Crippen molar-refractivity contribution in [3.63, 3.8) is 0 Å². The molecule has 1 aromatic heterocycles. The van der Waals surface area contributed by atoms with Gasteiger partial charge in [-0.25, -0.2) is 4.68 Å². The van der Waals surface area contributed by atoms with Crippen LogP contribution in [0.3, 0.4) is 0 Å². The summed E-state index contributed by atoms with van der Waals surface area (Å²) in [6.45, 7) is 0. The number of carbonyl (C=O) groups is 1. The molecule has 0 aliphatic heterocycles. The van der Waals surface area contributed by atoms with Gasteiger partial charge in [0, 0.05) is 16.9 Å². The molecule has 5 heteroatoms. The molecule has 1 aliphatic rings. The second-order valence-electron chi connectivity index (χ2n) is 6.84. The number of carbonyl (C=O) groups excluding carboxylic acids is 1. The molecule has 0 unspecified atom stereocenters. The number of aromatic nitrogens is 2. The van der Waals surface area contributed by atoms with E-state index in [0.29, 0.717) is 11.5 Å². The van der Waals surface area contributed by atoms with Crippen molar-refractivity contribution in [2.24, 2.45) is 0 Å². The number of nitrogens with one attached hydrogen (secondary N) is 1. The maximum atomic E-state index is 12.9. The number of nitrogens with zero attached hydrogens (tertiary/aromatic N) is 2. The Morgan fingerprint density at radius 3 is 2.52 bits per heavy atom. The lowest BCUT2D eigenvalue weighted by atomic mass is 10.0. The molecule has 0 saturated heterocycles. The Labute approximate surface area is 164 Å². The van der Waals surface area contributed by atoms with E-state index >= 15 is 0 Å². The van der Waals surface area contributed by atoms with Gasteiger partial charge in [-0.05, 0) is 43.4 Å². The first-order chi connectivity index (χ1) is 13.3. The lowest BCUT2D eigenvalue weighted by Crippen LogP contribution is -2.15. The molecule has 0 bridgehead atoms. The Kier molecular flexibility index (Phi) is 5.30. The maximum absolute atomic E-state index is 12.9. The minimum Gasteiger partial charge on any atom is -0.306 e. The Morgan fingerprint density at radius 1 is 1.07 bits per heavy atom. The molecule has 1 heterocycles. The molecule has 2 aromatic carbocycles. The molecular formula is C22H23N3OS. The van der Waals surface area contributed by atoms with E-state index in [1.807, 2.05) is 71.6 Å². The molecule has 4 nitrogen and oxygen atoms in total. The van der Waals surface area contributed by atoms with Gasteiger partial charge in [0.25, 0.3) is 5.91 Å². The third kappa shape index (κ3) is 3.78. The zero-order valence-electron chi connectivity index (χ0n) is 15.4. The normalized spacial score (nSPS) is 14.4. The first-order valence-electron chi connectivity index (χ1n) is 9.36. The third-order valence-corrected chi connectivity index (χ3v) is 5.89. The second-order valence-corrected chi connectivity index (χ2v) is 7.69. The number of amides is 1. The van der Waals surface area contributed by atoms with E-state index in [4.69, 9.17) is 5.10 Å². The van der Waals surface area contributed by atoms with Crippen LogP contribution in [0.5, 0.6) is 0 Å². The van der Waals surface area contributed by atoms with Gasteiger partial charge in [0.05, 0.1) is 16.9 Å². The number of hydrogen-bond donors (Lipinski definition) is 1. The van der Waals surface area contributed by atoms with E-state index in [0.717, 1.165) is 22.1 Å². The molecule has 0 radical (unpaired) electrons. The predicted octanol–water partition coefficient (Wildman–Crippen LogP) is 5.50. The van der Waals surface area contributed by atoms with Crippen molar-refractivity contribution >= 4 is 23.5 Å². The minimum atomic E-state index is -0.102. The van der Waals surface area contributed by atoms with E-state index in [9.17, 15) is 4.79 Å². The molecule has 1 aliphatic carbocycles. The van der Waals surface area contributed by atoms with Gasteiger partial charge in [0.2, 0.25) is 0 Å². The van der Waals surface area contributed by atoms with Crippen molar-refractivity contribution in [2.75, 3.05) is 11.6 Å². The summed E-state index contributed by atoms with van der Waals surface area (Å²) in [6, 6.07) is 19.7. The fourth-order valence-electron chi connectivity index (χ4n) is 3.69. The molecule has 0 atom stereocenters. The standard InChI is InChI=1S/C22H23N3OS/c1-27-20-14-8-7-13-18(20)22(26)23-21-15-19(16-9-5-6-10-16)24-25(21)17-11-3-2-4-12-17/h2-4,7-8,11-16H,5-6,9-10H2,1H3,(H,23,26). The van der Waals surface area contributed by atoms with E-state index in [-0.39, 0.29) is 5.91 Å². The van der Waals surface area contributed by atoms with Crippen LogP contribution in [-0.4, -0.2) is 21.9 Å². The van der Waals surface area contributed by atoms with Crippen molar-refractivity contribution < 1.29 is 4.79 Å². The lowest BCUT2D eigenvalue weighted by Gasteiger charge is -2.10. The third-order valence-electron chi connectivity index (χ3n) is 5.10. The van der Waals surface area contributed by atoms with Gasteiger partial charge in [-0.2, -0.15) is 5.10 Å². The first-order valence-corrected chi connectivity index (χ1v) is 10.6. The van der Waals surface area contributed by atoms with Gasteiger partial charge < -0.3 is 5.32 Å². The topological polar surface area (TPSA) is 46.9 Å². The zero-order valence-corrected chi connectivity index (χ0v) is 16.2. The molecule has 1 N–H and O–H groups in total. The van der Waals surface area contributed by atoms with Crippen molar-refractivity contribution in [2.45, 2.75) is 36.5 Å². The van der Waals surface area contributed by atoms with Crippen LogP contribution < -0.4 is 5.32 Å². The average molecular weight is 378 g/mol. The van der Waals surface area contributed by atoms with Crippen LogP contribution in [0.25, 0.3) is 5.69 Å². The number of para-hydroxylation sites is 1. The van der Waals surface area contributed by atoms with Gasteiger partial charge in [-0.1, -0.05) is 43.2 Å². The van der Waals surface area contributed by atoms with Crippen LogP contribution in [0, 0.1) is 0 Å². The Balaban J connectivity index is 1.69. The number of rotatable bonds is 5. The predicted molar refractivity (Wildman–Crippen MR) is 111 cm³/mol. The number of thioether (sulfide) groups is 1. The second kappa shape index (κ2) is 8.01. The highest BCUT2D eigenvalue weighted by Gasteiger charge is 2.23. The Hall–Kier alpha value is -2.53. The number of hydrogen-bond acceptors (Lipinski definition) is 3. The molecule has 27 heavy (non-hydrogen) atoms. The molecule has 1 saturated carbocycles. The summed E-state index contributed by atoms with van der Waals surface area (Å²) < 4.78 is 1.85. The summed E-state index contributed by atoms with van der Waals surface area (Å²) in [5.74, 6) is 1.11. The molecule has 0 spiro atoms. The van der Waals surface area contributed by atoms with Crippen molar-refractivity contribution in [1.29, 1.82) is 0 Å². The maximum Gasteiger partial charge on any atom is 0.257 e. The van der Waals surface area contributed by atoms with Crippen LogP contribution in [0.1, 0.15) is 47.7 Å². The molecule has 138 valence electrons. The molecule has 3 aromatic rings. The van der Waals surface area contributed by atoms with E-state index in [2.05, 4.69) is 5.32 Å². The number of benzene rings is 2. The Morgan fingerprint density at radius 2 is 1.78 bits per heavy atom. The quantitative estimate of drug-likeness (QED) is 0.597. The fourth-order valence-corrected chi connectivity index (χ4v) is 4.29. The van der Waals surface area contributed by atoms with Crippen LogP contribution >= 0.6 is 11.8 Å². The highest BCUT2D eigenvalue weighted by Crippen LogP contribution is 2.35. The summed E-state index contributed by atoms with van der Waals surface area (Å²) in [6.07, 6.45) is 6.85. The monoisotopic (exact) mass is 377 g/mol. The smallest absolute Gasteiger partial charge is 0.257 e. The van der Waals surface area contributed by atoms with Crippen LogP contribution in [-0.2, 0) is 0 Å². The fraction of sp³-hybridized carbons (Fsp3) is 0.273. The minimum absolute atomic E-state index is 0.102. The molecular weight excluding hydrogens is 354 g/mol. The van der Waals surface area contributed by atoms with E-state index < -0.39 is 0 Å². The van der Waals surface area contributed by atoms with Crippen molar-refractivity contribution in [1.82, 2.24) is 9.78 Å². The lowest BCUT2D eigenvalue weighted by molar-refractivity contribution is 0.102. The summed E-state index contributed by atoms with van der Waals surface area (Å²) in [5, 5.41) is 7.94. The molecule has 1 fully saturated rings. The van der Waals surface area contributed by atoms with Crippen molar-refractivity contribution in [3.05, 3.63) is 71.9 Å². The van der Waals surface area contributed by atoms with Gasteiger partial charge in [0.15, 0.2) is 0 Å². The average Bonchev–Trinajstić information content (AvgIpc) is 3.38. The van der Waals surface area contributed by atoms with E-state index in [1.54, 1.807) is 11.8 Å². The van der Waals surface area contributed by atoms with E-state index in [1.165, 1.54) is 25.7 Å². The van der Waals surface area contributed by atoms with Gasteiger partial charge in [-0.3, -0.25) is 4.79 Å². The molecule has 1 amide bonds. The highest BCUT2D eigenvalue weighted by atomic mass is 32.2. The SMILES string of the molecule is CSc1ccccc1C(=O)Nc1cc(C2CCCC2)nn1-c1ccccc1. The highest BCUT2D eigenvalue weighted by molar-refractivity contribution is 7.98. The zero-order chi connectivity index (χ0) is 18.6. The van der Waals surface area contributed by atoms with Crippen LogP contribution in [0.2, 0.25) is 0 Å². The van der Waals surface area contributed by atoms with Crippen LogP contribution in [0.4, 0.5) is 5.82 Å². The van der Waals surface area contributed by atoms with Crippen molar-refractivity contribution in [3.8, 4) is 5.69 Å². The van der Waals surface area contributed by atoms with Gasteiger partial charge >= 0.3 is 0 Å². The summed E-state index contributed by atoms with van der Waals surface area (Å²) in [5.41, 5.74) is 2.72. The largest absolute Gasteiger partial charge is 0.306 e. The Bertz CT molecular complexity index is 930. The van der Waals surface area contributed by atoms with Crippen LogP contribution in [0.15, 0.2) is 65.6 Å².